The summed E-state index contributed by atoms with van der Waals surface area (Å²) in [4.78, 5) is 11.4. The molecule has 0 saturated carbocycles. The Hall–Kier alpha value is -1.13. The number of carbonyl (C=O) groups excluding carboxylic acids is 1. The van der Waals surface area contributed by atoms with E-state index in [-0.39, 0.29) is 23.3 Å². The van der Waals surface area contributed by atoms with Gasteiger partial charge in [-0.3, -0.25) is 4.79 Å². The zero-order valence-corrected chi connectivity index (χ0v) is 10.3. The number of primary amides is 1. The Kier molecular flexibility index (Phi) is 3.35. The summed E-state index contributed by atoms with van der Waals surface area (Å²) in [7, 11) is 0. The summed E-state index contributed by atoms with van der Waals surface area (Å²) in [6.07, 6.45) is 6.73. The number of hydrogen-bond acceptors (Lipinski definition) is 3. The molecule has 0 bridgehead atoms. The van der Waals surface area contributed by atoms with Crippen LogP contribution in [0.5, 0.6) is 0 Å². The van der Waals surface area contributed by atoms with Crippen molar-refractivity contribution >= 4 is 5.91 Å². The zero-order chi connectivity index (χ0) is 12.5. The zero-order valence-electron chi connectivity index (χ0n) is 10.3. The van der Waals surface area contributed by atoms with E-state index in [1.807, 2.05) is 26.0 Å². The third-order valence-electron chi connectivity index (χ3n) is 3.65. The number of rotatable bonds is 3. The van der Waals surface area contributed by atoms with Crippen molar-refractivity contribution in [2.75, 3.05) is 13.4 Å². The van der Waals surface area contributed by atoms with Crippen LogP contribution in [-0.2, 0) is 14.3 Å². The molecule has 94 valence electrons. The largest absolute Gasteiger partial charge is 0.369 e. The van der Waals surface area contributed by atoms with Gasteiger partial charge in [0.2, 0.25) is 5.91 Å². The molecule has 1 saturated heterocycles. The van der Waals surface area contributed by atoms with Crippen molar-refractivity contribution in [2.24, 2.45) is 17.1 Å². The van der Waals surface area contributed by atoms with Gasteiger partial charge in [0.25, 0.3) is 0 Å². The van der Waals surface area contributed by atoms with Crippen LogP contribution in [0.1, 0.15) is 20.3 Å². The fourth-order valence-corrected chi connectivity index (χ4v) is 2.45. The first kappa shape index (κ1) is 12.3. The van der Waals surface area contributed by atoms with E-state index in [1.54, 1.807) is 0 Å². The normalized spacial score (nSPS) is 31.3. The van der Waals surface area contributed by atoms with Crippen molar-refractivity contribution in [1.82, 2.24) is 0 Å². The summed E-state index contributed by atoms with van der Waals surface area (Å²) in [5, 5.41) is 0. The highest BCUT2D eigenvalue weighted by Gasteiger charge is 2.37. The molecule has 2 N–H and O–H groups in total. The lowest BCUT2D eigenvalue weighted by Gasteiger charge is -2.36. The van der Waals surface area contributed by atoms with Gasteiger partial charge in [0, 0.05) is 5.41 Å². The minimum absolute atomic E-state index is 0.0977. The topological polar surface area (TPSA) is 61.6 Å². The molecule has 0 spiro atoms. The Bertz CT molecular complexity index is 365. The smallest absolute Gasteiger partial charge is 0.225 e. The predicted molar refractivity (Wildman–Crippen MR) is 64.0 cm³/mol. The first-order valence-corrected chi connectivity index (χ1v) is 5.88. The van der Waals surface area contributed by atoms with Crippen molar-refractivity contribution in [1.29, 1.82) is 0 Å². The van der Waals surface area contributed by atoms with Gasteiger partial charge in [-0.25, -0.2) is 0 Å². The van der Waals surface area contributed by atoms with Gasteiger partial charge < -0.3 is 15.2 Å². The molecule has 2 atom stereocenters. The second-order valence-electron chi connectivity index (χ2n) is 5.16. The Morgan fingerprint density at radius 3 is 2.94 bits per heavy atom. The predicted octanol–water partition coefficient (Wildman–Crippen LogP) is 1.37. The monoisotopic (exact) mass is 237 g/mol. The van der Waals surface area contributed by atoms with E-state index in [1.165, 1.54) is 5.57 Å². The summed E-state index contributed by atoms with van der Waals surface area (Å²) in [5.41, 5.74) is 6.39. The van der Waals surface area contributed by atoms with Crippen LogP contribution in [0.4, 0.5) is 0 Å². The lowest BCUT2D eigenvalue weighted by Crippen LogP contribution is -2.37. The first-order valence-electron chi connectivity index (χ1n) is 5.88. The Morgan fingerprint density at radius 1 is 1.59 bits per heavy atom. The number of carbonyl (C=O) groups is 1. The number of hydrogen-bond donors (Lipinski definition) is 1. The van der Waals surface area contributed by atoms with Gasteiger partial charge in [0.1, 0.15) is 6.79 Å². The maximum absolute atomic E-state index is 11.4. The molecule has 1 fully saturated rings. The van der Waals surface area contributed by atoms with Crippen LogP contribution in [0, 0.1) is 11.3 Å². The molecule has 1 amide bonds. The molecule has 2 aliphatic rings. The molecule has 1 aliphatic carbocycles. The molecule has 4 nitrogen and oxygen atoms in total. The lowest BCUT2D eigenvalue weighted by atomic mass is 9.68. The summed E-state index contributed by atoms with van der Waals surface area (Å²) < 4.78 is 10.6. The van der Waals surface area contributed by atoms with Crippen molar-refractivity contribution in [3.63, 3.8) is 0 Å². The highest BCUT2D eigenvalue weighted by atomic mass is 16.7. The van der Waals surface area contributed by atoms with Gasteiger partial charge in [-0.1, -0.05) is 37.6 Å². The summed E-state index contributed by atoms with van der Waals surface area (Å²) in [6, 6.07) is 0. The quantitative estimate of drug-likeness (QED) is 0.806. The number of allylic oxidation sites excluding steroid dienone is 2. The lowest BCUT2D eigenvalue weighted by molar-refractivity contribution is -0.122. The van der Waals surface area contributed by atoms with E-state index in [4.69, 9.17) is 15.2 Å². The highest BCUT2D eigenvalue weighted by molar-refractivity contribution is 5.80. The SMILES string of the molecule is CC1(C)C(CC2COCO2)=CC=CC1C(N)=O. The fraction of sp³-hybridized carbons (Fsp3) is 0.615. The maximum Gasteiger partial charge on any atom is 0.225 e. The van der Waals surface area contributed by atoms with E-state index < -0.39 is 0 Å². The molecule has 0 aromatic carbocycles. The van der Waals surface area contributed by atoms with Gasteiger partial charge in [0.05, 0.1) is 18.6 Å². The van der Waals surface area contributed by atoms with Gasteiger partial charge >= 0.3 is 0 Å². The Labute approximate surface area is 101 Å². The molecule has 4 heteroatoms. The van der Waals surface area contributed by atoms with Crippen LogP contribution in [0.15, 0.2) is 23.8 Å². The van der Waals surface area contributed by atoms with Crippen LogP contribution in [0.25, 0.3) is 0 Å². The Morgan fingerprint density at radius 2 is 2.35 bits per heavy atom. The third-order valence-corrected chi connectivity index (χ3v) is 3.65. The van der Waals surface area contributed by atoms with Crippen LogP contribution in [0.2, 0.25) is 0 Å². The molecular weight excluding hydrogens is 218 g/mol. The number of amides is 1. The van der Waals surface area contributed by atoms with Gasteiger partial charge in [0.15, 0.2) is 0 Å². The summed E-state index contributed by atoms with van der Waals surface area (Å²) in [6.45, 7) is 5.09. The second-order valence-corrected chi connectivity index (χ2v) is 5.16. The van der Waals surface area contributed by atoms with Crippen molar-refractivity contribution < 1.29 is 14.3 Å². The molecule has 0 aromatic rings. The molecule has 1 aliphatic heterocycles. The molecule has 1 heterocycles. The fourth-order valence-electron chi connectivity index (χ4n) is 2.45. The third kappa shape index (κ3) is 2.42. The minimum Gasteiger partial charge on any atom is -0.369 e. The Balaban J connectivity index is 2.13. The van der Waals surface area contributed by atoms with Crippen molar-refractivity contribution in [3.8, 4) is 0 Å². The van der Waals surface area contributed by atoms with E-state index >= 15 is 0 Å². The summed E-state index contributed by atoms with van der Waals surface area (Å²) >= 11 is 0. The van der Waals surface area contributed by atoms with Crippen LogP contribution in [-0.4, -0.2) is 25.4 Å². The standard InChI is InChI=1S/C13H19NO3/c1-13(2)9(6-10-7-16-8-17-10)4-3-5-11(13)12(14)15/h3-5,10-11H,6-8H2,1-2H3,(H2,14,15). The maximum atomic E-state index is 11.4. The molecule has 17 heavy (non-hydrogen) atoms. The summed E-state index contributed by atoms with van der Waals surface area (Å²) in [5.74, 6) is -0.523. The van der Waals surface area contributed by atoms with E-state index in [2.05, 4.69) is 6.08 Å². The average Bonchev–Trinajstić information content (AvgIpc) is 2.73. The molecular formula is C13H19NO3. The molecule has 2 rings (SSSR count). The van der Waals surface area contributed by atoms with E-state index in [9.17, 15) is 4.79 Å². The minimum atomic E-state index is -0.277. The molecule has 0 aromatic heterocycles. The van der Waals surface area contributed by atoms with Gasteiger partial charge in [-0.15, -0.1) is 0 Å². The van der Waals surface area contributed by atoms with E-state index in [0.717, 1.165) is 6.42 Å². The van der Waals surface area contributed by atoms with E-state index in [0.29, 0.717) is 13.4 Å². The van der Waals surface area contributed by atoms with Crippen molar-refractivity contribution in [3.05, 3.63) is 23.8 Å². The van der Waals surface area contributed by atoms with Gasteiger partial charge in [-0.2, -0.15) is 0 Å². The first-order chi connectivity index (χ1) is 8.01. The number of ether oxygens (including phenoxy) is 2. The van der Waals surface area contributed by atoms with Gasteiger partial charge in [-0.05, 0) is 6.42 Å². The molecule has 2 unspecified atom stereocenters. The van der Waals surface area contributed by atoms with Crippen LogP contribution in [0.3, 0.4) is 0 Å². The number of nitrogens with two attached hydrogens (primary N) is 1. The van der Waals surface area contributed by atoms with Crippen LogP contribution >= 0.6 is 0 Å². The molecule has 0 radical (unpaired) electrons. The second kappa shape index (κ2) is 4.63. The average molecular weight is 237 g/mol. The van der Waals surface area contributed by atoms with Crippen LogP contribution < -0.4 is 5.73 Å². The highest BCUT2D eigenvalue weighted by Crippen LogP contribution is 2.41. The van der Waals surface area contributed by atoms with Crippen molar-refractivity contribution in [2.45, 2.75) is 26.4 Å².